The molecule has 15 heteroatoms. The van der Waals surface area contributed by atoms with Gasteiger partial charge in [-0.15, -0.1) is 0 Å². The number of nitrogens with zero attached hydrogens (tertiary/aromatic N) is 1. The summed E-state index contributed by atoms with van der Waals surface area (Å²) in [6.07, 6.45) is 0.227. The molecule has 0 bridgehead atoms. The van der Waals surface area contributed by atoms with Crippen LogP contribution < -0.4 is 8.37 Å². The van der Waals surface area contributed by atoms with Gasteiger partial charge in [0.25, 0.3) is 0 Å². The van der Waals surface area contributed by atoms with Gasteiger partial charge in [0.2, 0.25) is 5.88 Å². The molecule has 0 aliphatic carbocycles. The molecule has 126 valence electrons. The molecule has 7 nitrogen and oxygen atoms in total. The number of pyridine rings is 1. The highest BCUT2D eigenvalue weighted by Gasteiger charge is 2.49. The normalized spacial score (nSPS) is 13.7. The molecule has 22 heavy (non-hydrogen) atoms. The first-order valence-corrected chi connectivity index (χ1v) is 7.45. The van der Waals surface area contributed by atoms with Crippen molar-refractivity contribution in [3.05, 3.63) is 18.3 Å². The molecule has 1 aromatic rings. The fourth-order valence-corrected chi connectivity index (χ4v) is 1.66. The van der Waals surface area contributed by atoms with Gasteiger partial charge in [0.15, 0.2) is 5.75 Å². The summed E-state index contributed by atoms with van der Waals surface area (Å²) in [5, 5.41) is 0. The molecule has 0 saturated carbocycles. The lowest BCUT2D eigenvalue weighted by Crippen LogP contribution is -2.28. The van der Waals surface area contributed by atoms with Crippen LogP contribution in [0.25, 0.3) is 0 Å². The lowest BCUT2D eigenvalue weighted by molar-refractivity contribution is -0.0507. The molecule has 0 atom stereocenters. The summed E-state index contributed by atoms with van der Waals surface area (Å²) in [6.45, 7) is 0. The highest BCUT2D eigenvalue weighted by molar-refractivity contribution is 7.88. The van der Waals surface area contributed by atoms with Crippen LogP contribution in [0.3, 0.4) is 0 Å². The van der Waals surface area contributed by atoms with E-state index in [0.717, 1.165) is 0 Å². The van der Waals surface area contributed by atoms with Crippen molar-refractivity contribution in [1.29, 1.82) is 0 Å². The maximum absolute atomic E-state index is 12.0. The highest BCUT2D eigenvalue weighted by atomic mass is 32.2. The Labute approximate surface area is 118 Å². The number of halogens is 6. The molecule has 0 amide bonds. The summed E-state index contributed by atoms with van der Waals surface area (Å²) >= 11 is 0. The lowest BCUT2D eigenvalue weighted by Gasteiger charge is -2.10. The van der Waals surface area contributed by atoms with E-state index in [1.165, 1.54) is 0 Å². The van der Waals surface area contributed by atoms with Crippen LogP contribution in [0.2, 0.25) is 0 Å². The zero-order valence-corrected chi connectivity index (χ0v) is 11.3. The largest absolute Gasteiger partial charge is 0.534 e. The average molecular weight is 375 g/mol. The van der Waals surface area contributed by atoms with Gasteiger partial charge in [0.1, 0.15) is 0 Å². The van der Waals surface area contributed by atoms with Crippen molar-refractivity contribution in [2.75, 3.05) is 0 Å². The van der Waals surface area contributed by atoms with Crippen LogP contribution in [0.1, 0.15) is 0 Å². The Morgan fingerprint density at radius 3 is 1.64 bits per heavy atom. The number of alkyl halides is 6. The summed E-state index contributed by atoms with van der Waals surface area (Å²) < 4.78 is 121. The van der Waals surface area contributed by atoms with E-state index in [2.05, 4.69) is 13.4 Å². The Morgan fingerprint density at radius 2 is 1.27 bits per heavy atom. The highest BCUT2D eigenvalue weighted by Crippen LogP contribution is 2.29. The van der Waals surface area contributed by atoms with Gasteiger partial charge in [-0.05, 0) is 6.07 Å². The minimum atomic E-state index is -6.02. The first-order valence-electron chi connectivity index (χ1n) is 4.63. The second-order valence-corrected chi connectivity index (χ2v) is 6.37. The van der Waals surface area contributed by atoms with E-state index in [-0.39, 0.29) is 6.20 Å². The number of hydrogen-bond donors (Lipinski definition) is 0. The van der Waals surface area contributed by atoms with Crippen molar-refractivity contribution >= 4 is 20.2 Å². The van der Waals surface area contributed by atoms with Crippen molar-refractivity contribution in [3.63, 3.8) is 0 Å². The van der Waals surface area contributed by atoms with Gasteiger partial charge >= 0.3 is 31.3 Å². The van der Waals surface area contributed by atoms with Crippen LogP contribution in [0.4, 0.5) is 26.3 Å². The molecule has 0 N–H and O–H groups in total. The Kier molecular flexibility index (Phi) is 4.53. The number of hydrogen-bond acceptors (Lipinski definition) is 7. The third-order valence-electron chi connectivity index (χ3n) is 1.68. The van der Waals surface area contributed by atoms with Crippen LogP contribution in [0.5, 0.6) is 11.6 Å². The first kappa shape index (κ1) is 18.3. The Morgan fingerprint density at radius 1 is 0.818 bits per heavy atom. The monoisotopic (exact) mass is 375 g/mol. The summed E-state index contributed by atoms with van der Waals surface area (Å²) in [5.74, 6) is -2.18. The average Bonchev–Trinajstić information content (AvgIpc) is 2.28. The van der Waals surface area contributed by atoms with Crippen LogP contribution in [-0.2, 0) is 20.2 Å². The van der Waals surface area contributed by atoms with Gasteiger partial charge in [-0.2, -0.15) is 43.2 Å². The van der Waals surface area contributed by atoms with Crippen LogP contribution in [0.15, 0.2) is 18.3 Å². The maximum Gasteiger partial charge on any atom is 0.534 e. The summed E-state index contributed by atoms with van der Waals surface area (Å²) in [4.78, 5) is 2.89. The Hall–Kier alpha value is -1.77. The lowest BCUT2D eigenvalue weighted by atomic mass is 10.5. The second kappa shape index (κ2) is 5.45. The molecule has 0 aliphatic heterocycles. The predicted octanol–water partition coefficient (Wildman–Crippen LogP) is 1.54. The third-order valence-corrected chi connectivity index (χ3v) is 3.61. The number of aromatic nitrogens is 1. The van der Waals surface area contributed by atoms with Crippen LogP contribution >= 0.6 is 0 Å². The molecule has 0 radical (unpaired) electrons. The predicted molar refractivity (Wildman–Crippen MR) is 55.4 cm³/mol. The van der Waals surface area contributed by atoms with Gasteiger partial charge in [-0.25, -0.2) is 4.98 Å². The fraction of sp³-hybridized carbons (Fsp3) is 0.286. The minimum absolute atomic E-state index is 0.227. The van der Waals surface area contributed by atoms with Gasteiger partial charge in [0, 0.05) is 6.07 Å². The van der Waals surface area contributed by atoms with E-state index in [1.807, 2.05) is 0 Å². The van der Waals surface area contributed by atoms with Gasteiger partial charge in [0.05, 0.1) is 6.20 Å². The van der Waals surface area contributed by atoms with Crippen molar-refractivity contribution in [2.45, 2.75) is 11.0 Å². The van der Waals surface area contributed by atoms with E-state index in [9.17, 15) is 43.2 Å². The van der Waals surface area contributed by atoms with E-state index in [0.29, 0.717) is 12.1 Å². The van der Waals surface area contributed by atoms with Crippen molar-refractivity contribution in [3.8, 4) is 11.6 Å². The third kappa shape index (κ3) is 4.12. The molecule has 0 fully saturated rings. The summed E-state index contributed by atoms with van der Waals surface area (Å²) in [7, 11) is -12.0. The van der Waals surface area contributed by atoms with Crippen LogP contribution in [-0.4, -0.2) is 32.8 Å². The van der Waals surface area contributed by atoms with Crippen LogP contribution in [0, 0.1) is 0 Å². The molecular formula is C7H3F6NO6S2. The Balaban J connectivity index is 2.94. The van der Waals surface area contributed by atoms with Gasteiger partial charge in [-0.1, -0.05) is 0 Å². The van der Waals surface area contributed by atoms with Gasteiger partial charge < -0.3 is 8.37 Å². The SMILES string of the molecule is O=S(=O)(Oc1ccc(OS(=O)(=O)C(F)(F)F)nc1)C(F)(F)F. The van der Waals surface area contributed by atoms with E-state index in [1.54, 1.807) is 0 Å². The minimum Gasteiger partial charge on any atom is -0.374 e. The van der Waals surface area contributed by atoms with Crippen molar-refractivity contribution < 1.29 is 51.5 Å². The standard InChI is InChI=1S/C7H3F6NO6S2/c8-6(9,10)21(15,16)19-4-1-2-5(14-3-4)20-22(17,18)7(11,12)13/h1-3H. The maximum atomic E-state index is 12.0. The molecular weight excluding hydrogens is 372 g/mol. The molecule has 0 aromatic carbocycles. The topological polar surface area (TPSA) is 99.6 Å². The zero-order valence-electron chi connectivity index (χ0n) is 9.71. The fourth-order valence-electron chi connectivity index (χ4n) is 0.799. The molecule has 0 unspecified atom stereocenters. The quantitative estimate of drug-likeness (QED) is 0.447. The molecule has 1 heterocycles. The zero-order chi connectivity index (χ0) is 17.4. The molecule has 0 saturated heterocycles. The summed E-state index contributed by atoms with van der Waals surface area (Å²) in [6, 6.07) is 0.780. The Bertz CT molecular complexity index is 670. The smallest absolute Gasteiger partial charge is 0.374 e. The number of rotatable bonds is 4. The second-order valence-electron chi connectivity index (χ2n) is 3.30. The van der Waals surface area contributed by atoms with Gasteiger partial charge in [-0.3, -0.25) is 0 Å². The molecule has 0 aliphatic rings. The molecule has 1 rings (SSSR count). The van der Waals surface area contributed by atoms with E-state index in [4.69, 9.17) is 0 Å². The van der Waals surface area contributed by atoms with Crippen molar-refractivity contribution in [1.82, 2.24) is 4.98 Å². The summed E-state index contributed by atoms with van der Waals surface area (Å²) in [5.41, 5.74) is -11.5. The molecule has 0 spiro atoms. The van der Waals surface area contributed by atoms with Crippen molar-refractivity contribution in [2.24, 2.45) is 0 Å². The van der Waals surface area contributed by atoms with E-state index < -0.39 is 42.9 Å². The first-order chi connectivity index (χ1) is 9.66. The molecule has 1 aromatic heterocycles. The van der Waals surface area contributed by atoms with E-state index >= 15 is 0 Å².